The lowest BCUT2D eigenvalue weighted by molar-refractivity contribution is 0.217. The molecule has 0 saturated heterocycles. The van der Waals surface area contributed by atoms with E-state index in [2.05, 4.69) is 9.97 Å². The van der Waals surface area contributed by atoms with Crippen molar-refractivity contribution in [2.45, 2.75) is 39.9 Å². The maximum Gasteiger partial charge on any atom is 0.220 e. The summed E-state index contributed by atoms with van der Waals surface area (Å²) in [5.74, 6) is 2.45. The van der Waals surface area contributed by atoms with Crippen molar-refractivity contribution in [1.29, 1.82) is 0 Å². The van der Waals surface area contributed by atoms with Crippen molar-refractivity contribution in [2.75, 3.05) is 7.11 Å². The average Bonchev–Trinajstić information content (AvgIpc) is 2.73. The highest BCUT2D eigenvalue weighted by atomic mass is 16.5. The topological polar surface area (TPSA) is 73.7 Å². The molecule has 0 aliphatic carbocycles. The van der Waals surface area contributed by atoms with Crippen LogP contribution in [0.3, 0.4) is 0 Å². The largest absolute Gasteiger partial charge is 0.508 e. The minimum absolute atomic E-state index is 0.0481. The van der Waals surface area contributed by atoms with Gasteiger partial charge in [-0.15, -0.1) is 0 Å². The van der Waals surface area contributed by atoms with Gasteiger partial charge in [0.15, 0.2) is 5.82 Å². The van der Waals surface area contributed by atoms with Crippen molar-refractivity contribution >= 4 is 0 Å². The Morgan fingerprint density at radius 3 is 2.52 bits per heavy atom. The summed E-state index contributed by atoms with van der Waals surface area (Å²) in [4.78, 5) is 8.94. The second-order valence-electron chi connectivity index (χ2n) is 6.87. The fourth-order valence-corrected chi connectivity index (χ4v) is 2.68. The first kappa shape index (κ1) is 20.5. The van der Waals surface area contributed by atoms with Crippen molar-refractivity contribution in [2.24, 2.45) is 0 Å². The molecule has 0 aliphatic heterocycles. The Kier molecular flexibility index (Phi) is 6.54. The zero-order chi connectivity index (χ0) is 20.8. The molecule has 3 rings (SSSR count). The van der Waals surface area contributed by atoms with Crippen molar-refractivity contribution < 1.29 is 19.3 Å². The van der Waals surface area contributed by atoms with Gasteiger partial charge in [-0.25, -0.2) is 4.98 Å². The highest BCUT2D eigenvalue weighted by molar-refractivity contribution is 5.61. The molecular weight excluding hydrogens is 368 g/mol. The monoisotopic (exact) mass is 394 g/mol. The molecule has 0 amide bonds. The Bertz CT molecular complexity index is 958. The predicted molar refractivity (Wildman–Crippen MR) is 112 cm³/mol. The van der Waals surface area contributed by atoms with Gasteiger partial charge in [0.1, 0.15) is 23.9 Å². The number of benzene rings is 2. The van der Waals surface area contributed by atoms with E-state index in [0.29, 0.717) is 29.6 Å². The zero-order valence-corrected chi connectivity index (χ0v) is 17.2. The minimum atomic E-state index is 0.0481. The molecule has 1 heterocycles. The number of aromatic hydroxyl groups is 1. The van der Waals surface area contributed by atoms with E-state index >= 15 is 0 Å². The van der Waals surface area contributed by atoms with E-state index in [0.717, 1.165) is 23.3 Å². The van der Waals surface area contributed by atoms with E-state index in [4.69, 9.17) is 14.2 Å². The second kappa shape index (κ2) is 9.28. The number of phenols is 1. The Morgan fingerprint density at radius 1 is 1.07 bits per heavy atom. The molecule has 0 saturated carbocycles. The van der Waals surface area contributed by atoms with Gasteiger partial charge in [-0.3, -0.25) is 0 Å². The van der Waals surface area contributed by atoms with Crippen LogP contribution in [0.5, 0.6) is 23.1 Å². The van der Waals surface area contributed by atoms with Gasteiger partial charge in [0.05, 0.1) is 13.2 Å². The number of hydrogen-bond acceptors (Lipinski definition) is 6. The number of phenolic OH excluding ortho intramolecular Hbond substituents is 1. The Morgan fingerprint density at radius 2 is 1.83 bits per heavy atom. The van der Waals surface area contributed by atoms with E-state index in [-0.39, 0.29) is 11.9 Å². The Hall–Kier alpha value is -3.28. The predicted octanol–water partition coefficient (Wildman–Crippen LogP) is 4.92. The van der Waals surface area contributed by atoms with Crippen molar-refractivity contribution in [3.8, 4) is 34.5 Å². The number of nitrogens with zero attached hydrogens (tertiary/aromatic N) is 2. The average molecular weight is 394 g/mol. The molecule has 0 bridgehead atoms. The molecular formula is C23H26N2O4. The molecule has 29 heavy (non-hydrogen) atoms. The first-order chi connectivity index (χ1) is 14.0. The maximum absolute atomic E-state index is 10.1. The summed E-state index contributed by atoms with van der Waals surface area (Å²) in [6.07, 6.45) is 2.63. The number of hydrogen-bond donors (Lipinski definition) is 1. The van der Waals surface area contributed by atoms with Gasteiger partial charge in [-0.05, 0) is 50.1 Å². The normalized spacial score (nSPS) is 11.7. The highest BCUT2D eigenvalue weighted by Crippen LogP contribution is 2.29. The highest BCUT2D eigenvalue weighted by Gasteiger charge is 2.11. The summed E-state index contributed by atoms with van der Waals surface area (Å²) in [7, 11) is 1.64. The number of ether oxygens (including phenoxy) is 3. The third kappa shape index (κ3) is 5.38. The van der Waals surface area contributed by atoms with Gasteiger partial charge in [0.25, 0.3) is 0 Å². The summed E-state index contributed by atoms with van der Waals surface area (Å²) in [5, 5.41) is 10.1. The van der Waals surface area contributed by atoms with Gasteiger partial charge in [0, 0.05) is 23.4 Å². The molecule has 152 valence electrons. The molecule has 0 spiro atoms. The van der Waals surface area contributed by atoms with Gasteiger partial charge >= 0.3 is 0 Å². The first-order valence-electron chi connectivity index (χ1n) is 9.59. The maximum atomic E-state index is 10.1. The SMILES string of the molecule is CC[C@H](C)Oc1cc(O)cc(-c2ncc(C)c(OCc3ccc(OC)cc3)n2)c1. The molecule has 6 heteroatoms. The van der Waals surface area contributed by atoms with E-state index in [1.165, 1.54) is 0 Å². The van der Waals surface area contributed by atoms with Crippen molar-refractivity contribution in [1.82, 2.24) is 9.97 Å². The standard InChI is InChI=1S/C23H26N2O4/c1-5-16(3)29-21-11-18(10-19(26)12-21)22-24-13-15(2)23(25-22)28-14-17-6-8-20(27-4)9-7-17/h6-13,16,26H,5,14H2,1-4H3/t16-/m0/s1. The number of aromatic nitrogens is 2. The van der Waals surface area contributed by atoms with Crippen LogP contribution in [0.4, 0.5) is 0 Å². The summed E-state index contributed by atoms with van der Waals surface area (Å²) < 4.78 is 16.9. The molecule has 0 unspecified atom stereocenters. The third-order valence-electron chi connectivity index (χ3n) is 4.52. The van der Waals surface area contributed by atoms with E-state index in [1.54, 1.807) is 25.4 Å². The summed E-state index contributed by atoms with van der Waals surface area (Å²) in [6.45, 7) is 6.30. The fourth-order valence-electron chi connectivity index (χ4n) is 2.68. The van der Waals surface area contributed by atoms with Crippen LogP contribution < -0.4 is 14.2 Å². The summed E-state index contributed by atoms with van der Waals surface area (Å²) in [6, 6.07) is 12.7. The molecule has 1 atom stereocenters. The van der Waals surface area contributed by atoms with Crippen LogP contribution in [0, 0.1) is 6.92 Å². The van der Waals surface area contributed by atoms with E-state index < -0.39 is 0 Å². The van der Waals surface area contributed by atoms with Crippen LogP contribution in [-0.2, 0) is 6.61 Å². The molecule has 0 aliphatic rings. The zero-order valence-electron chi connectivity index (χ0n) is 17.2. The molecule has 1 aromatic heterocycles. The summed E-state index contributed by atoms with van der Waals surface area (Å²) in [5.41, 5.74) is 2.50. The lowest BCUT2D eigenvalue weighted by Crippen LogP contribution is -2.09. The fraction of sp³-hybridized carbons (Fsp3) is 0.304. The molecule has 0 fully saturated rings. The van der Waals surface area contributed by atoms with Gasteiger partial charge < -0.3 is 19.3 Å². The molecule has 1 N–H and O–H groups in total. The Labute approximate surface area is 171 Å². The summed E-state index contributed by atoms with van der Waals surface area (Å²) >= 11 is 0. The minimum Gasteiger partial charge on any atom is -0.508 e. The molecule has 6 nitrogen and oxygen atoms in total. The van der Waals surface area contributed by atoms with Crippen LogP contribution in [0.25, 0.3) is 11.4 Å². The quantitative estimate of drug-likeness (QED) is 0.584. The van der Waals surface area contributed by atoms with Crippen LogP contribution in [0.2, 0.25) is 0 Å². The van der Waals surface area contributed by atoms with Gasteiger partial charge in [-0.2, -0.15) is 4.98 Å². The van der Waals surface area contributed by atoms with Crippen LogP contribution >= 0.6 is 0 Å². The van der Waals surface area contributed by atoms with Gasteiger partial charge in [0.2, 0.25) is 5.88 Å². The van der Waals surface area contributed by atoms with Crippen LogP contribution in [0.15, 0.2) is 48.7 Å². The molecule has 2 aromatic carbocycles. The second-order valence-corrected chi connectivity index (χ2v) is 6.87. The molecule has 3 aromatic rings. The van der Waals surface area contributed by atoms with E-state index in [1.807, 2.05) is 51.1 Å². The lowest BCUT2D eigenvalue weighted by Gasteiger charge is -2.14. The smallest absolute Gasteiger partial charge is 0.220 e. The van der Waals surface area contributed by atoms with Crippen molar-refractivity contribution in [3.05, 3.63) is 59.8 Å². The van der Waals surface area contributed by atoms with Crippen molar-refractivity contribution in [3.63, 3.8) is 0 Å². The number of rotatable bonds is 8. The van der Waals surface area contributed by atoms with Crippen LogP contribution in [0.1, 0.15) is 31.4 Å². The lowest BCUT2D eigenvalue weighted by atomic mass is 10.1. The van der Waals surface area contributed by atoms with Crippen LogP contribution in [-0.4, -0.2) is 28.3 Å². The molecule has 0 radical (unpaired) electrons. The first-order valence-corrected chi connectivity index (χ1v) is 9.59. The number of aryl methyl sites for hydroxylation is 1. The van der Waals surface area contributed by atoms with E-state index in [9.17, 15) is 5.11 Å². The number of methoxy groups -OCH3 is 1. The van der Waals surface area contributed by atoms with Gasteiger partial charge in [-0.1, -0.05) is 19.1 Å². The third-order valence-corrected chi connectivity index (χ3v) is 4.52. The Balaban J connectivity index is 1.81.